The molecule has 0 bridgehead atoms. The first-order chi connectivity index (χ1) is 8.11. The molecule has 5 heteroatoms. The van der Waals surface area contributed by atoms with Crippen molar-refractivity contribution in [1.29, 1.82) is 0 Å². The zero-order valence-electron chi connectivity index (χ0n) is 9.74. The van der Waals surface area contributed by atoms with Gasteiger partial charge in [0.25, 0.3) is 0 Å². The third-order valence-corrected chi connectivity index (χ3v) is 3.52. The van der Waals surface area contributed by atoms with Gasteiger partial charge in [0.05, 0.1) is 17.6 Å². The highest BCUT2D eigenvalue weighted by molar-refractivity contribution is 9.10. The van der Waals surface area contributed by atoms with Crippen molar-refractivity contribution in [3.8, 4) is 5.69 Å². The molecule has 90 valence electrons. The third kappa shape index (κ3) is 2.77. The molecule has 0 spiro atoms. The maximum Gasteiger partial charge on any atom is 0.0840 e. The van der Waals surface area contributed by atoms with Crippen LogP contribution in [0.15, 0.2) is 22.8 Å². The second-order valence-corrected chi connectivity index (χ2v) is 5.65. The van der Waals surface area contributed by atoms with Crippen LogP contribution in [-0.4, -0.2) is 20.3 Å². The maximum absolute atomic E-state index is 4.17. The van der Waals surface area contributed by atoms with E-state index in [0.717, 1.165) is 27.6 Å². The molecule has 2 rings (SSSR count). The Hall–Kier alpha value is -0.680. The van der Waals surface area contributed by atoms with Crippen LogP contribution in [0, 0.1) is 13.8 Å². The summed E-state index contributed by atoms with van der Waals surface area (Å²) >= 11 is 6.99. The second kappa shape index (κ2) is 5.31. The summed E-state index contributed by atoms with van der Waals surface area (Å²) in [6, 6.07) is 4.24. The summed E-state index contributed by atoms with van der Waals surface area (Å²) in [6.45, 7) is 4.16. The summed E-state index contributed by atoms with van der Waals surface area (Å²) in [5, 5.41) is 9.22. The molecule has 3 nitrogen and oxygen atoms in total. The van der Waals surface area contributed by atoms with Crippen LogP contribution >= 0.6 is 31.9 Å². The van der Waals surface area contributed by atoms with E-state index < -0.39 is 0 Å². The van der Waals surface area contributed by atoms with Crippen LogP contribution in [-0.2, 0) is 6.42 Å². The van der Waals surface area contributed by atoms with Crippen LogP contribution in [0.2, 0.25) is 0 Å². The number of aromatic nitrogens is 3. The number of rotatable bonds is 3. The molecule has 1 aromatic heterocycles. The van der Waals surface area contributed by atoms with Gasteiger partial charge in [-0.3, -0.25) is 0 Å². The Morgan fingerprint density at radius 3 is 2.71 bits per heavy atom. The molecule has 0 atom stereocenters. The minimum Gasteiger partial charge on any atom is -0.219 e. The van der Waals surface area contributed by atoms with Crippen molar-refractivity contribution in [2.45, 2.75) is 20.3 Å². The predicted octanol–water partition coefficient (Wildman–Crippen LogP) is 3.58. The van der Waals surface area contributed by atoms with E-state index in [1.54, 1.807) is 0 Å². The summed E-state index contributed by atoms with van der Waals surface area (Å²) < 4.78 is 2.88. The number of hydrogen-bond acceptors (Lipinski definition) is 2. The SMILES string of the molecule is Cc1cc(C)c(-n2cc(CCBr)nn2)c(Br)c1. The smallest absolute Gasteiger partial charge is 0.0840 e. The largest absolute Gasteiger partial charge is 0.219 e. The first-order valence-electron chi connectivity index (χ1n) is 5.36. The summed E-state index contributed by atoms with van der Waals surface area (Å²) in [7, 11) is 0. The van der Waals surface area contributed by atoms with Crippen molar-refractivity contribution in [2.75, 3.05) is 5.33 Å². The number of hydrogen-bond donors (Lipinski definition) is 0. The van der Waals surface area contributed by atoms with Crippen LogP contribution in [0.25, 0.3) is 5.69 Å². The highest BCUT2D eigenvalue weighted by Crippen LogP contribution is 2.25. The van der Waals surface area contributed by atoms with Gasteiger partial charge in [-0.05, 0) is 47.0 Å². The summed E-state index contributed by atoms with van der Waals surface area (Å²) in [5.41, 5.74) is 4.48. The van der Waals surface area contributed by atoms with Crippen molar-refractivity contribution in [1.82, 2.24) is 15.0 Å². The van der Waals surface area contributed by atoms with Crippen LogP contribution in [0.4, 0.5) is 0 Å². The lowest BCUT2D eigenvalue weighted by Crippen LogP contribution is -2.00. The molecule has 0 unspecified atom stereocenters. The van der Waals surface area contributed by atoms with Gasteiger partial charge in [0, 0.05) is 16.2 Å². The lowest BCUT2D eigenvalue weighted by atomic mass is 10.1. The molecule has 2 aromatic rings. The average Bonchev–Trinajstić information content (AvgIpc) is 2.65. The van der Waals surface area contributed by atoms with E-state index in [0.29, 0.717) is 0 Å². The van der Waals surface area contributed by atoms with Gasteiger partial charge in [-0.15, -0.1) is 5.10 Å². The average molecular weight is 359 g/mol. The van der Waals surface area contributed by atoms with Gasteiger partial charge in [0.1, 0.15) is 0 Å². The Bertz CT molecular complexity index is 511. The molecule has 0 saturated heterocycles. The molecular weight excluding hydrogens is 346 g/mol. The van der Waals surface area contributed by atoms with Gasteiger partial charge < -0.3 is 0 Å². The zero-order valence-corrected chi connectivity index (χ0v) is 12.9. The first kappa shape index (κ1) is 12.8. The molecule has 0 N–H and O–H groups in total. The van der Waals surface area contributed by atoms with Gasteiger partial charge in [-0.1, -0.05) is 27.2 Å². The molecular formula is C12H13Br2N3. The molecule has 0 saturated carbocycles. The van der Waals surface area contributed by atoms with Gasteiger partial charge in [0.2, 0.25) is 0 Å². The number of halogens is 2. The van der Waals surface area contributed by atoms with Crippen molar-refractivity contribution in [3.63, 3.8) is 0 Å². The molecule has 17 heavy (non-hydrogen) atoms. The summed E-state index contributed by atoms with van der Waals surface area (Å²) in [4.78, 5) is 0. The van der Waals surface area contributed by atoms with E-state index >= 15 is 0 Å². The minimum absolute atomic E-state index is 0.891. The maximum atomic E-state index is 4.17. The first-order valence-corrected chi connectivity index (χ1v) is 7.27. The Morgan fingerprint density at radius 1 is 1.29 bits per heavy atom. The molecule has 0 fully saturated rings. The molecule has 0 aliphatic carbocycles. The van der Waals surface area contributed by atoms with Crippen LogP contribution in [0.3, 0.4) is 0 Å². The number of aryl methyl sites for hydroxylation is 3. The van der Waals surface area contributed by atoms with Crippen molar-refractivity contribution in [2.24, 2.45) is 0 Å². The Morgan fingerprint density at radius 2 is 2.06 bits per heavy atom. The van der Waals surface area contributed by atoms with Gasteiger partial charge >= 0.3 is 0 Å². The molecule has 0 aliphatic heterocycles. The lowest BCUT2D eigenvalue weighted by molar-refractivity contribution is 0.790. The van der Waals surface area contributed by atoms with E-state index in [2.05, 4.69) is 68.2 Å². The van der Waals surface area contributed by atoms with Crippen LogP contribution in [0.5, 0.6) is 0 Å². The van der Waals surface area contributed by atoms with Gasteiger partial charge in [-0.2, -0.15) is 0 Å². The standard InChI is InChI=1S/C12H13Br2N3/c1-8-5-9(2)12(11(14)6-8)17-7-10(3-4-13)15-16-17/h5-7H,3-4H2,1-2H3. The Labute approximate surface area is 117 Å². The number of alkyl halides is 1. The third-order valence-electron chi connectivity index (χ3n) is 2.52. The highest BCUT2D eigenvalue weighted by atomic mass is 79.9. The van der Waals surface area contributed by atoms with Gasteiger partial charge in [0.15, 0.2) is 0 Å². The Kier molecular flexibility index (Phi) is 3.99. The summed E-state index contributed by atoms with van der Waals surface area (Å²) in [5.74, 6) is 0. The molecule has 1 aromatic carbocycles. The Balaban J connectivity index is 2.45. The number of benzene rings is 1. The summed E-state index contributed by atoms with van der Waals surface area (Å²) in [6.07, 6.45) is 2.87. The predicted molar refractivity (Wildman–Crippen MR) is 76.0 cm³/mol. The van der Waals surface area contributed by atoms with Gasteiger partial charge in [-0.25, -0.2) is 4.68 Å². The molecule has 0 amide bonds. The van der Waals surface area contributed by atoms with Crippen molar-refractivity contribution >= 4 is 31.9 Å². The van der Waals surface area contributed by atoms with Crippen LogP contribution < -0.4 is 0 Å². The van der Waals surface area contributed by atoms with E-state index in [1.165, 1.54) is 11.1 Å². The lowest BCUT2D eigenvalue weighted by Gasteiger charge is -2.08. The monoisotopic (exact) mass is 357 g/mol. The quantitative estimate of drug-likeness (QED) is 0.785. The number of nitrogens with zero attached hydrogens (tertiary/aromatic N) is 3. The fourth-order valence-electron chi connectivity index (χ4n) is 1.82. The fourth-order valence-corrected chi connectivity index (χ4v) is 3.08. The fraction of sp³-hybridized carbons (Fsp3) is 0.333. The minimum atomic E-state index is 0.891. The molecule has 0 aliphatic rings. The highest BCUT2D eigenvalue weighted by Gasteiger charge is 2.09. The topological polar surface area (TPSA) is 30.7 Å². The van der Waals surface area contributed by atoms with Crippen molar-refractivity contribution in [3.05, 3.63) is 39.6 Å². The van der Waals surface area contributed by atoms with E-state index in [9.17, 15) is 0 Å². The van der Waals surface area contributed by atoms with E-state index in [-0.39, 0.29) is 0 Å². The zero-order chi connectivity index (χ0) is 12.4. The molecule has 1 heterocycles. The second-order valence-electron chi connectivity index (χ2n) is 4.01. The normalized spacial score (nSPS) is 10.8. The molecule has 0 radical (unpaired) electrons. The van der Waals surface area contributed by atoms with Crippen molar-refractivity contribution < 1.29 is 0 Å². The van der Waals surface area contributed by atoms with Crippen LogP contribution in [0.1, 0.15) is 16.8 Å². The van der Waals surface area contributed by atoms with E-state index in [1.807, 2.05) is 10.9 Å². The van der Waals surface area contributed by atoms with E-state index in [4.69, 9.17) is 0 Å².